The lowest BCUT2D eigenvalue weighted by Crippen LogP contribution is -2.55. The van der Waals surface area contributed by atoms with E-state index in [4.69, 9.17) is 0 Å². The van der Waals surface area contributed by atoms with Gasteiger partial charge in [0.05, 0.1) is 6.04 Å². The zero-order valence-corrected chi connectivity index (χ0v) is 12.6. The Morgan fingerprint density at radius 2 is 1.39 bits per heavy atom. The molecule has 0 aromatic rings. The minimum absolute atomic E-state index is 0.0634. The molecule has 0 aliphatic carbocycles. The van der Waals surface area contributed by atoms with Crippen LogP contribution in [-0.4, -0.2) is 49.9 Å². The van der Waals surface area contributed by atoms with Gasteiger partial charge in [-0.3, -0.25) is 9.59 Å². The van der Waals surface area contributed by atoms with Crippen molar-refractivity contribution in [1.29, 1.82) is 0 Å². The lowest BCUT2D eigenvalue weighted by molar-refractivity contribution is -0.136. The van der Waals surface area contributed by atoms with Crippen LogP contribution in [0.15, 0.2) is 0 Å². The molecule has 0 spiro atoms. The van der Waals surface area contributed by atoms with Crippen molar-refractivity contribution in [1.82, 2.24) is 15.5 Å². The molecule has 0 aliphatic heterocycles. The van der Waals surface area contributed by atoms with E-state index in [-0.39, 0.29) is 29.7 Å². The first-order valence-corrected chi connectivity index (χ1v) is 6.41. The van der Waals surface area contributed by atoms with Crippen molar-refractivity contribution in [3.8, 4) is 0 Å². The van der Waals surface area contributed by atoms with E-state index in [0.29, 0.717) is 0 Å². The van der Waals surface area contributed by atoms with Crippen LogP contribution >= 0.6 is 0 Å². The molecule has 0 saturated carbocycles. The Morgan fingerprint density at radius 1 is 0.944 bits per heavy atom. The first-order chi connectivity index (χ1) is 8.22. The molecule has 0 radical (unpaired) electrons. The van der Waals surface area contributed by atoms with Gasteiger partial charge in [0, 0.05) is 14.1 Å². The molecule has 0 unspecified atom stereocenters. The Kier molecular flexibility index (Phi) is 6.91. The highest BCUT2D eigenvalue weighted by Gasteiger charge is 2.29. The van der Waals surface area contributed by atoms with E-state index in [1.165, 1.54) is 4.90 Å². The fourth-order valence-corrected chi connectivity index (χ4v) is 1.80. The van der Waals surface area contributed by atoms with Crippen molar-refractivity contribution in [2.75, 3.05) is 21.1 Å². The maximum Gasteiger partial charge on any atom is 0.244 e. The van der Waals surface area contributed by atoms with Crippen molar-refractivity contribution in [3.05, 3.63) is 0 Å². The molecule has 0 aromatic carbocycles. The largest absolute Gasteiger partial charge is 0.347 e. The smallest absolute Gasteiger partial charge is 0.244 e. The Morgan fingerprint density at radius 3 is 1.67 bits per heavy atom. The van der Waals surface area contributed by atoms with E-state index in [9.17, 15) is 9.59 Å². The van der Waals surface area contributed by atoms with Gasteiger partial charge in [0.2, 0.25) is 11.8 Å². The highest BCUT2D eigenvalue weighted by Crippen LogP contribution is 2.07. The fraction of sp³-hybridized carbons (Fsp3) is 0.846. The normalized spacial score (nSPS) is 14.5. The highest BCUT2D eigenvalue weighted by molar-refractivity contribution is 5.89. The number of carbonyl (C=O) groups is 2. The summed E-state index contributed by atoms with van der Waals surface area (Å²) in [6.45, 7) is 7.80. The number of amides is 2. The molecule has 0 bridgehead atoms. The molecule has 18 heavy (non-hydrogen) atoms. The predicted molar refractivity (Wildman–Crippen MR) is 73.1 cm³/mol. The van der Waals surface area contributed by atoms with Crippen LogP contribution in [0.3, 0.4) is 0 Å². The Bertz CT molecular complexity index is 288. The summed E-state index contributed by atoms with van der Waals surface area (Å²) in [6, 6.07) is -0.747. The van der Waals surface area contributed by atoms with Gasteiger partial charge in [-0.05, 0) is 18.9 Å². The fourth-order valence-electron chi connectivity index (χ4n) is 1.80. The number of hydrogen-bond donors (Lipinski definition) is 2. The van der Waals surface area contributed by atoms with Gasteiger partial charge in [-0.1, -0.05) is 27.7 Å². The van der Waals surface area contributed by atoms with Gasteiger partial charge in [-0.25, -0.2) is 0 Å². The zero-order chi connectivity index (χ0) is 14.5. The average molecular weight is 257 g/mol. The van der Waals surface area contributed by atoms with Crippen molar-refractivity contribution in [2.24, 2.45) is 11.8 Å². The highest BCUT2D eigenvalue weighted by atomic mass is 16.2. The zero-order valence-electron chi connectivity index (χ0n) is 12.6. The molecular weight excluding hydrogens is 230 g/mol. The summed E-state index contributed by atoms with van der Waals surface area (Å²) in [5.74, 6) is 0.0455. The molecule has 5 nitrogen and oxygen atoms in total. The van der Waals surface area contributed by atoms with Gasteiger partial charge in [-0.2, -0.15) is 0 Å². The van der Waals surface area contributed by atoms with Gasteiger partial charge in [0.25, 0.3) is 0 Å². The molecule has 106 valence electrons. The van der Waals surface area contributed by atoms with Crippen molar-refractivity contribution in [3.63, 3.8) is 0 Å². The average Bonchev–Trinajstić information content (AvgIpc) is 2.24. The Balaban J connectivity index is 4.79. The Hall–Kier alpha value is -1.10. The monoisotopic (exact) mass is 257 g/mol. The van der Waals surface area contributed by atoms with Crippen LogP contribution in [0.4, 0.5) is 0 Å². The molecule has 2 amide bonds. The molecule has 0 aromatic heterocycles. The van der Waals surface area contributed by atoms with E-state index >= 15 is 0 Å². The standard InChI is InChI=1S/C13H27N3O2/c1-8(2)10(14-5)12(17)15-11(9(3)4)13(18)16(6)7/h8-11,14H,1-7H3,(H,15,17)/t10-,11-/m0/s1. The topological polar surface area (TPSA) is 61.4 Å². The quantitative estimate of drug-likeness (QED) is 0.726. The number of likely N-dealkylation sites (N-methyl/N-ethyl adjacent to an activating group) is 2. The summed E-state index contributed by atoms with van der Waals surface area (Å²) in [6.07, 6.45) is 0. The molecule has 5 heteroatoms. The molecule has 0 aliphatic rings. The summed E-state index contributed by atoms with van der Waals surface area (Å²) >= 11 is 0. The number of rotatable bonds is 6. The van der Waals surface area contributed by atoms with Crippen molar-refractivity contribution < 1.29 is 9.59 Å². The van der Waals surface area contributed by atoms with Crippen LogP contribution in [0.25, 0.3) is 0 Å². The summed E-state index contributed by atoms with van der Waals surface area (Å²) in [5, 5.41) is 5.81. The number of nitrogens with one attached hydrogen (secondary N) is 2. The summed E-state index contributed by atoms with van der Waals surface area (Å²) in [5.41, 5.74) is 0. The van der Waals surface area contributed by atoms with Gasteiger partial charge in [0.15, 0.2) is 0 Å². The first kappa shape index (κ1) is 16.9. The van der Waals surface area contributed by atoms with Gasteiger partial charge >= 0.3 is 0 Å². The minimum Gasteiger partial charge on any atom is -0.347 e. The second kappa shape index (κ2) is 7.36. The number of hydrogen-bond acceptors (Lipinski definition) is 3. The molecular formula is C13H27N3O2. The third-order valence-electron chi connectivity index (χ3n) is 2.93. The lowest BCUT2D eigenvalue weighted by atomic mass is 9.99. The second-order valence-corrected chi connectivity index (χ2v) is 5.47. The maximum absolute atomic E-state index is 12.1. The SMILES string of the molecule is CN[C@H](C(=O)N[C@H](C(=O)N(C)C)C(C)C)C(C)C. The molecule has 0 rings (SSSR count). The molecule has 2 atom stereocenters. The first-order valence-electron chi connectivity index (χ1n) is 6.41. The van der Waals surface area contributed by atoms with Crippen LogP contribution in [0.2, 0.25) is 0 Å². The summed E-state index contributed by atoms with van der Waals surface area (Å²) < 4.78 is 0. The van der Waals surface area contributed by atoms with Crippen LogP contribution in [0, 0.1) is 11.8 Å². The molecule has 2 N–H and O–H groups in total. The van der Waals surface area contributed by atoms with E-state index in [1.54, 1.807) is 21.1 Å². The summed E-state index contributed by atoms with van der Waals surface area (Å²) in [7, 11) is 5.14. The third kappa shape index (κ3) is 4.64. The van der Waals surface area contributed by atoms with Gasteiger partial charge < -0.3 is 15.5 Å². The number of nitrogens with zero attached hydrogens (tertiary/aromatic N) is 1. The van der Waals surface area contributed by atoms with Crippen LogP contribution < -0.4 is 10.6 Å². The van der Waals surface area contributed by atoms with Crippen molar-refractivity contribution in [2.45, 2.75) is 39.8 Å². The minimum atomic E-state index is -0.470. The molecule has 0 heterocycles. The van der Waals surface area contributed by atoms with E-state index in [1.807, 2.05) is 27.7 Å². The van der Waals surface area contributed by atoms with Crippen LogP contribution in [0.5, 0.6) is 0 Å². The van der Waals surface area contributed by atoms with Crippen molar-refractivity contribution >= 4 is 11.8 Å². The van der Waals surface area contributed by atoms with Gasteiger partial charge in [-0.15, -0.1) is 0 Å². The molecule has 0 fully saturated rings. The number of carbonyl (C=O) groups excluding carboxylic acids is 2. The summed E-state index contributed by atoms with van der Waals surface area (Å²) in [4.78, 5) is 25.6. The van der Waals surface area contributed by atoms with E-state index < -0.39 is 6.04 Å². The second-order valence-electron chi connectivity index (χ2n) is 5.47. The lowest BCUT2D eigenvalue weighted by Gasteiger charge is -2.27. The Labute approximate surface area is 110 Å². The molecule has 0 saturated heterocycles. The van der Waals surface area contributed by atoms with Crippen LogP contribution in [-0.2, 0) is 9.59 Å². The predicted octanol–water partition coefficient (Wildman–Crippen LogP) is 0.459. The van der Waals surface area contributed by atoms with E-state index in [2.05, 4.69) is 10.6 Å². The van der Waals surface area contributed by atoms with Crippen LogP contribution in [0.1, 0.15) is 27.7 Å². The van der Waals surface area contributed by atoms with E-state index in [0.717, 1.165) is 0 Å². The third-order valence-corrected chi connectivity index (χ3v) is 2.93. The van der Waals surface area contributed by atoms with Gasteiger partial charge in [0.1, 0.15) is 6.04 Å². The maximum atomic E-state index is 12.1.